The van der Waals surface area contributed by atoms with Gasteiger partial charge < -0.3 is 5.32 Å². The third-order valence-corrected chi connectivity index (χ3v) is 10.8. The molecule has 14 heteroatoms. The fraction of sp³-hybridized carbons (Fsp3) is 0.333. The molecule has 188 valence electrons. The van der Waals surface area contributed by atoms with Gasteiger partial charge in [-0.05, 0) is 49.2 Å². The molecule has 1 aliphatic heterocycles. The SMILES string of the molecule is CS(=O)(=O)c1cccc(S(=O)(=O)N2CCC(C(=O)Nc3nc4ccc(S(C)(=O)=O)cc4s3)CC2)c1. The van der Waals surface area contributed by atoms with Crippen molar-refractivity contribution in [1.82, 2.24) is 9.29 Å². The minimum Gasteiger partial charge on any atom is -0.302 e. The molecular formula is C21H23N3O7S4. The molecule has 35 heavy (non-hydrogen) atoms. The number of hydrogen-bond acceptors (Lipinski definition) is 9. The molecule has 1 fully saturated rings. The van der Waals surface area contributed by atoms with Gasteiger partial charge in [0.05, 0.1) is 24.9 Å². The maximum Gasteiger partial charge on any atom is 0.243 e. The molecule has 0 aliphatic carbocycles. The number of thiazole rings is 1. The Morgan fingerprint density at radius 2 is 1.51 bits per heavy atom. The van der Waals surface area contributed by atoms with E-state index in [9.17, 15) is 30.0 Å². The van der Waals surface area contributed by atoms with Gasteiger partial charge in [0.2, 0.25) is 15.9 Å². The number of sulfone groups is 2. The van der Waals surface area contributed by atoms with E-state index in [4.69, 9.17) is 0 Å². The molecule has 0 spiro atoms. The lowest BCUT2D eigenvalue weighted by atomic mass is 9.97. The molecule has 3 aromatic rings. The van der Waals surface area contributed by atoms with Crippen LogP contribution in [0.1, 0.15) is 12.8 Å². The van der Waals surface area contributed by atoms with Crippen molar-refractivity contribution in [3.05, 3.63) is 42.5 Å². The van der Waals surface area contributed by atoms with E-state index >= 15 is 0 Å². The molecule has 1 saturated heterocycles. The summed E-state index contributed by atoms with van der Waals surface area (Å²) in [5.74, 6) is -0.717. The number of hydrogen-bond donors (Lipinski definition) is 1. The first-order valence-corrected chi connectivity index (χ1v) is 16.5. The minimum absolute atomic E-state index is 0.0765. The zero-order valence-corrected chi connectivity index (χ0v) is 22.1. The van der Waals surface area contributed by atoms with Crippen molar-refractivity contribution in [2.24, 2.45) is 5.92 Å². The van der Waals surface area contributed by atoms with E-state index in [1.165, 1.54) is 34.6 Å². The fourth-order valence-corrected chi connectivity index (χ4v) is 7.66. The second kappa shape index (κ2) is 9.24. The van der Waals surface area contributed by atoms with E-state index in [-0.39, 0.29) is 33.7 Å². The van der Waals surface area contributed by atoms with Crippen LogP contribution in [0.25, 0.3) is 10.2 Å². The van der Waals surface area contributed by atoms with Crippen molar-refractivity contribution in [3.63, 3.8) is 0 Å². The summed E-state index contributed by atoms with van der Waals surface area (Å²) in [5, 5.41) is 3.09. The quantitative estimate of drug-likeness (QED) is 0.485. The highest BCUT2D eigenvalue weighted by Crippen LogP contribution is 2.30. The third kappa shape index (κ3) is 5.56. The van der Waals surface area contributed by atoms with Crippen LogP contribution in [0.4, 0.5) is 5.13 Å². The molecule has 1 aliphatic rings. The third-order valence-electron chi connectivity index (χ3n) is 5.71. The lowest BCUT2D eigenvalue weighted by Gasteiger charge is -2.30. The first kappa shape index (κ1) is 25.7. The van der Waals surface area contributed by atoms with Crippen LogP contribution in [0.5, 0.6) is 0 Å². The molecule has 2 heterocycles. The van der Waals surface area contributed by atoms with Gasteiger partial charge in [-0.3, -0.25) is 4.79 Å². The summed E-state index contributed by atoms with van der Waals surface area (Å²) in [6.45, 7) is 0.224. The van der Waals surface area contributed by atoms with Crippen LogP contribution in [0.15, 0.2) is 57.2 Å². The average Bonchev–Trinajstić information content (AvgIpc) is 3.19. The molecule has 0 radical (unpaired) electrons. The number of aromatic nitrogens is 1. The number of amides is 1. The van der Waals surface area contributed by atoms with Crippen LogP contribution in [0.3, 0.4) is 0 Å². The molecule has 2 aromatic carbocycles. The first-order chi connectivity index (χ1) is 16.2. The maximum atomic E-state index is 13.0. The van der Waals surface area contributed by atoms with Gasteiger partial charge in [0.25, 0.3) is 0 Å². The Bertz CT molecular complexity index is 1620. The van der Waals surface area contributed by atoms with Crippen LogP contribution in [0.2, 0.25) is 0 Å². The van der Waals surface area contributed by atoms with E-state index in [0.717, 1.165) is 29.9 Å². The highest BCUT2D eigenvalue weighted by atomic mass is 32.2. The number of benzene rings is 2. The van der Waals surface area contributed by atoms with E-state index < -0.39 is 35.6 Å². The van der Waals surface area contributed by atoms with Crippen molar-refractivity contribution in [1.29, 1.82) is 0 Å². The predicted molar refractivity (Wildman–Crippen MR) is 132 cm³/mol. The van der Waals surface area contributed by atoms with Crippen molar-refractivity contribution in [2.45, 2.75) is 27.5 Å². The first-order valence-electron chi connectivity index (χ1n) is 10.5. The Morgan fingerprint density at radius 3 is 2.14 bits per heavy atom. The summed E-state index contributed by atoms with van der Waals surface area (Å²) in [4.78, 5) is 17.1. The summed E-state index contributed by atoms with van der Waals surface area (Å²) in [7, 11) is -10.8. The summed E-state index contributed by atoms with van der Waals surface area (Å²) in [5.41, 5.74) is 0.565. The summed E-state index contributed by atoms with van der Waals surface area (Å²) < 4.78 is 75.0. The van der Waals surface area contributed by atoms with E-state index in [1.807, 2.05) is 0 Å². The number of rotatable bonds is 6. The Kier molecular flexibility index (Phi) is 6.79. The van der Waals surface area contributed by atoms with Crippen molar-refractivity contribution >= 4 is 62.3 Å². The van der Waals surface area contributed by atoms with Gasteiger partial charge >= 0.3 is 0 Å². The number of fused-ring (bicyclic) bond motifs is 1. The molecule has 0 bridgehead atoms. The summed E-state index contributed by atoms with van der Waals surface area (Å²) in [6, 6.07) is 9.79. The fourth-order valence-electron chi connectivity index (χ4n) is 3.77. The van der Waals surface area contributed by atoms with Gasteiger partial charge in [-0.1, -0.05) is 17.4 Å². The van der Waals surface area contributed by atoms with Crippen molar-refractivity contribution < 1.29 is 30.0 Å². The largest absolute Gasteiger partial charge is 0.302 e. The second-order valence-electron chi connectivity index (χ2n) is 8.34. The zero-order valence-electron chi connectivity index (χ0n) is 18.8. The highest BCUT2D eigenvalue weighted by Gasteiger charge is 2.33. The number of nitrogens with zero attached hydrogens (tertiary/aromatic N) is 2. The topological polar surface area (TPSA) is 148 Å². The number of anilines is 1. The monoisotopic (exact) mass is 557 g/mol. The predicted octanol–water partition coefficient (Wildman–Crippen LogP) is 2.14. The molecule has 1 aromatic heterocycles. The Balaban J connectivity index is 1.43. The minimum atomic E-state index is -3.91. The molecule has 4 rings (SSSR count). The maximum absolute atomic E-state index is 13.0. The van der Waals surface area contributed by atoms with Crippen LogP contribution in [0, 0.1) is 5.92 Å². The molecule has 0 unspecified atom stereocenters. The summed E-state index contributed by atoms with van der Waals surface area (Å²) >= 11 is 1.16. The zero-order chi connectivity index (χ0) is 25.6. The van der Waals surface area contributed by atoms with Crippen LogP contribution in [-0.4, -0.2) is 66.1 Å². The van der Waals surface area contributed by atoms with E-state index in [1.54, 1.807) is 6.07 Å². The van der Waals surface area contributed by atoms with Gasteiger partial charge in [-0.15, -0.1) is 0 Å². The standard InChI is InChI=1S/C21H23N3O7S4/c1-33(26,27)15-4-3-5-17(12-15)35(30,31)24-10-8-14(9-11-24)20(25)23-21-22-18-7-6-16(34(2,28)29)13-19(18)32-21/h3-7,12-14H,8-11H2,1-2H3,(H,22,23,25). The van der Waals surface area contributed by atoms with Gasteiger partial charge in [0, 0.05) is 31.5 Å². The van der Waals surface area contributed by atoms with Crippen LogP contribution >= 0.6 is 11.3 Å². The lowest BCUT2D eigenvalue weighted by molar-refractivity contribution is -0.120. The Morgan fingerprint density at radius 1 is 0.914 bits per heavy atom. The van der Waals surface area contributed by atoms with E-state index in [0.29, 0.717) is 28.2 Å². The molecule has 10 nitrogen and oxygen atoms in total. The van der Waals surface area contributed by atoms with E-state index in [2.05, 4.69) is 10.3 Å². The van der Waals surface area contributed by atoms with Crippen molar-refractivity contribution in [2.75, 3.05) is 30.9 Å². The number of carbonyl (C=O) groups excluding carboxylic acids is 1. The van der Waals surface area contributed by atoms with Crippen LogP contribution in [-0.2, 0) is 34.5 Å². The Labute approximate surface area is 207 Å². The molecular weight excluding hydrogens is 535 g/mol. The van der Waals surface area contributed by atoms with Crippen molar-refractivity contribution in [3.8, 4) is 0 Å². The lowest BCUT2D eigenvalue weighted by Crippen LogP contribution is -2.41. The van der Waals surface area contributed by atoms with Gasteiger partial charge in [-0.2, -0.15) is 4.31 Å². The van der Waals surface area contributed by atoms with Gasteiger partial charge in [0.15, 0.2) is 24.8 Å². The Hall–Kier alpha value is -2.39. The molecule has 0 atom stereocenters. The van der Waals surface area contributed by atoms with Crippen LogP contribution < -0.4 is 5.32 Å². The second-order valence-corrected chi connectivity index (χ2v) is 15.3. The number of carbonyl (C=O) groups is 1. The molecule has 1 N–H and O–H groups in total. The molecule has 0 saturated carbocycles. The van der Waals surface area contributed by atoms with Gasteiger partial charge in [0.1, 0.15) is 0 Å². The number of piperidine rings is 1. The smallest absolute Gasteiger partial charge is 0.243 e. The summed E-state index contributed by atoms with van der Waals surface area (Å²) in [6.07, 6.45) is 2.71. The highest BCUT2D eigenvalue weighted by molar-refractivity contribution is 7.91. The number of sulfonamides is 1. The number of nitrogens with one attached hydrogen (secondary N) is 1. The normalized spacial score (nSPS) is 16.4. The molecule has 1 amide bonds. The van der Waals surface area contributed by atoms with Gasteiger partial charge in [-0.25, -0.2) is 30.2 Å². The average molecular weight is 558 g/mol.